The van der Waals surface area contributed by atoms with E-state index in [1.165, 1.54) is 19.2 Å². The van der Waals surface area contributed by atoms with E-state index in [2.05, 4.69) is 15.8 Å². The summed E-state index contributed by atoms with van der Waals surface area (Å²) in [6, 6.07) is 12.7. The normalized spacial score (nSPS) is 13.8. The lowest BCUT2D eigenvalue weighted by Gasteiger charge is -2.13. The molecule has 3 aromatic rings. The number of benzene rings is 2. The van der Waals surface area contributed by atoms with Gasteiger partial charge in [0.05, 0.1) is 29.6 Å². The van der Waals surface area contributed by atoms with Crippen molar-refractivity contribution in [3.63, 3.8) is 0 Å². The highest BCUT2D eigenvalue weighted by Crippen LogP contribution is 2.30. The Labute approximate surface area is 195 Å². The number of hydrogen-bond acceptors (Lipinski definition) is 7. The average molecular weight is 461 g/mol. The molecular weight excluding hydrogens is 438 g/mol. The number of hydrazone groups is 1. The summed E-state index contributed by atoms with van der Waals surface area (Å²) in [4.78, 5) is 37.5. The number of phenols is 1. The van der Waals surface area contributed by atoms with E-state index in [9.17, 15) is 19.5 Å². The third-order valence-electron chi connectivity index (χ3n) is 5.55. The van der Waals surface area contributed by atoms with Gasteiger partial charge in [-0.05, 0) is 44.0 Å². The Morgan fingerprint density at radius 1 is 1.00 bits per heavy atom. The van der Waals surface area contributed by atoms with Crippen LogP contribution in [0.3, 0.4) is 0 Å². The van der Waals surface area contributed by atoms with Crippen molar-refractivity contribution in [1.29, 1.82) is 0 Å². The van der Waals surface area contributed by atoms with E-state index in [4.69, 9.17) is 9.15 Å². The zero-order valence-electron chi connectivity index (χ0n) is 18.7. The maximum atomic E-state index is 13.0. The second-order valence-electron chi connectivity index (χ2n) is 7.72. The Bertz CT molecular complexity index is 1310. The first-order chi connectivity index (χ1) is 16.4. The SMILES string of the molecule is COC(=O)c1ccccc1NC(=O)c1oc2c(c1C)/C(=N/NC(=O)c1ccccc1O)CCC2. The number of ether oxygens (including phenoxy) is 1. The molecule has 9 heteroatoms. The number of carbonyl (C=O) groups is 3. The van der Waals surface area contributed by atoms with Crippen LogP contribution in [0.25, 0.3) is 0 Å². The minimum absolute atomic E-state index is 0.103. The average Bonchev–Trinajstić information content (AvgIpc) is 3.20. The van der Waals surface area contributed by atoms with Gasteiger partial charge in [0.15, 0.2) is 5.76 Å². The number of phenolic OH excluding ortho intramolecular Hbond substituents is 1. The van der Waals surface area contributed by atoms with Crippen LogP contribution < -0.4 is 10.7 Å². The quantitative estimate of drug-likeness (QED) is 0.391. The van der Waals surface area contributed by atoms with E-state index in [-0.39, 0.29) is 22.6 Å². The van der Waals surface area contributed by atoms with Crippen LogP contribution in [0.15, 0.2) is 58.0 Å². The molecule has 2 amide bonds. The van der Waals surface area contributed by atoms with Crippen LogP contribution in [0.2, 0.25) is 0 Å². The first kappa shape index (κ1) is 22.8. The number of anilines is 1. The van der Waals surface area contributed by atoms with Gasteiger partial charge in [0.25, 0.3) is 11.8 Å². The van der Waals surface area contributed by atoms with Gasteiger partial charge in [-0.15, -0.1) is 0 Å². The van der Waals surface area contributed by atoms with Crippen molar-refractivity contribution in [2.24, 2.45) is 5.10 Å². The van der Waals surface area contributed by atoms with Gasteiger partial charge >= 0.3 is 5.97 Å². The van der Waals surface area contributed by atoms with Crippen molar-refractivity contribution in [3.8, 4) is 5.75 Å². The standard InChI is InChI=1S/C25H23N3O6/c1-14-21-18(27-28-23(30)16-9-4-6-12-19(16)29)11-7-13-20(21)34-22(14)24(31)26-17-10-5-3-8-15(17)25(32)33-2/h3-6,8-10,12,29H,7,11,13H2,1-2H3,(H,26,31)(H,28,30)/b27-18+. The van der Waals surface area contributed by atoms with E-state index < -0.39 is 17.8 Å². The fourth-order valence-corrected chi connectivity index (χ4v) is 3.90. The van der Waals surface area contributed by atoms with Gasteiger partial charge in [-0.3, -0.25) is 9.59 Å². The van der Waals surface area contributed by atoms with Crippen LogP contribution in [0.1, 0.15) is 61.0 Å². The third kappa shape index (κ3) is 4.40. The van der Waals surface area contributed by atoms with Crippen LogP contribution in [0, 0.1) is 6.92 Å². The number of aryl methyl sites for hydroxylation is 1. The van der Waals surface area contributed by atoms with E-state index in [0.717, 1.165) is 6.42 Å². The highest BCUT2D eigenvalue weighted by atomic mass is 16.5. The Morgan fingerprint density at radius 2 is 1.71 bits per heavy atom. The van der Waals surface area contributed by atoms with Crippen molar-refractivity contribution in [1.82, 2.24) is 5.43 Å². The second kappa shape index (κ2) is 9.62. The lowest BCUT2D eigenvalue weighted by molar-refractivity contribution is 0.0601. The van der Waals surface area contributed by atoms with Crippen molar-refractivity contribution in [2.45, 2.75) is 26.2 Å². The van der Waals surface area contributed by atoms with Crippen molar-refractivity contribution < 1.29 is 28.6 Å². The summed E-state index contributed by atoms with van der Waals surface area (Å²) in [6.07, 6.45) is 1.94. The molecule has 2 aromatic carbocycles. The molecule has 0 unspecified atom stereocenters. The molecule has 34 heavy (non-hydrogen) atoms. The molecule has 0 fully saturated rings. The molecule has 9 nitrogen and oxygen atoms in total. The number of fused-ring (bicyclic) bond motifs is 1. The molecule has 3 N–H and O–H groups in total. The molecule has 1 aromatic heterocycles. The second-order valence-corrected chi connectivity index (χ2v) is 7.72. The molecule has 0 saturated carbocycles. The van der Waals surface area contributed by atoms with E-state index in [1.54, 1.807) is 43.3 Å². The smallest absolute Gasteiger partial charge is 0.339 e. The van der Waals surface area contributed by atoms with E-state index >= 15 is 0 Å². The lowest BCUT2D eigenvalue weighted by Crippen LogP contribution is -2.22. The summed E-state index contributed by atoms with van der Waals surface area (Å²) in [5.41, 5.74) is 4.95. The number of nitrogens with zero attached hydrogens (tertiary/aromatic N) is 1. The summed E-state index contributed by atoms with van der Waals surface area (Å²) in [5.74, 6) is -1.06. The summed E-state index contributed by atoms with van der Waals surface area (Å²) in [5, 5.41) is 16.9. The Hall–Kier alpha value is -4.40. The van der Waals surface area contributed by atoms with Gasteiger partial charge in [0, 0.05) is 17.5 Å². The zero-order chi connectivity index (χ0) is 24.2. The molecule has 0 saturated heterocycles. The molecular formula is C25H23N3O6. The van der Waals surface area contributed by atoms with Gasteiger partial charge in [0.1, 0.15) is 11.5 Å². The molecule has 1 aliphatic carbocycles. The number of hydrogen-bond donors (Lipinski definition) is 3. The highest BCUT2D eigenvalue weighted by molar-refractivity contribution is 6.11. The summed E-state index contributed by atoms with van der Waals surface area (Å²) < 4.78 is 10.7. The van der Waals surface area contributed by atoms with Crippen LogP contribution in [0.4, 0.5) is 5.69 Å². The topological polar surface area (TPSA) is 130 Å². The van der Waals surface area contributed by atoms with Gasteiger partial charge in [0.2, 0.25) is 0 Å². The molecule has 0 spiro atoms. The fraction of sp³-hybridized carbons (Fsp3) is 0.200. The van der Waals surface area contributed by atoms with Crippen LogP contribution >= 0.6 is 0 Å². The molecule has 0 radical (unpaired) electrons. The first-order valence-corrected chi connectivity index (χ1v) is 10.7. The first-order valence-electron chi connectivity index (χ1n) is 10.7. The molecule has 0 bridgehead atoms. The molecule has 0 atom stereocenters. The predicted molar refractivity (Wildman–Crippen MR) is 124 cm³/mol. The largest absolute Gasteiger partial charge is 0.507 e. The van der Waals surface area contributed by atoms with E-state index in [0.29, 0.717) is 41.1 Å². The minimum atomic E-state index is -0.569. The Morgan fingerprint density at radius 3 is 2.44 bits per heavy atom. The van der Waals surface area contributed by atoms with Crippen LogP contribution in [0.5, 0.6) is 5.75 Å². The minimum Gasteiger partial charge on any atom is -0.507 e. The summed E-state index contributed by atoms with van der Waals surface area (Å²) >= 11 is 0. The predicted octanol–water partition coefficient (Wildman–Crippen LogP) is 3.80. The Kier molecular flexibility index (Phi) is 6.44. The Balaban J connectivity index is 1.59. The zero-order valence-corrected chi connectivity index (χ0v) is 18.7. The summed E-state index contributed by atoms with van der Waals surface area (Å²) in [7, 11) is 1.27. The molecule has 4 rings (SSSR count). The van der Waals surface area contributed by atoms with Crippen molar-refractivity contribution in [2.75, 3.05) is 12.4 Å². The fourth-order valence-electron chi connectivity index (χ4n) is 3.90. The number of methoxy groups -OCH3 is 1. The van der Waals surface area contributed by atoms with E-state index in [1.807, 2.05) is 0 Å². The highest BCUT2D eigenvalue weighted by Gasteiger charge is 2.28. The van der Waals surface area contributed by atoms with Gasteiger partial charge in [-0.1, -0.05) is 24.3 Å². The number of aromatic hydroxyl groups is 1. The molecule has 1 aliphatic rings. The van der Waals surface area contributed by atoms with Crippen LogP contribution in [-0.2, 0) is 11.2 Å². The summed E-state index contributed by atoms with van der Waals surface area (Å²) in [6.45, 7) is 1.75. The number of esters is 1. The lowest BCUT2D eigenvalue weighted by atomic mass is 9.93. The van der Waals surface area contributed by atoms with Gasteiger partial charge < -0.3 is 19.6 Å². The van der Waals surface area contributed by atoms with Gasteiger partial charge in [-0.25, -0.2) is 10.2 Å². The third-order valence-corrected chi connectivity index (χ3v) is 5.55. The maximum Gasteiger partial charge on any atom is 0.339 e. The number of furan rings is 1. The van der Waals surface area contributed by atoms with Crippen LogP contribution in [-0.4, -0.2) is 35.7 Å². The number of nitrogens with one attached hydrogen (secondary N) is 2. The number of para-hydroxylation sites is 2. The molecule has 174 valence electrons. The van der Waals surface area contributed by atoms with Crippen molar-refractivity contribution >= 4 is 29.2 Å². The van der Waals surface area contributed by atoms with Gasteiger partial charge in [-0.2, -0.15) is 5.10 Å². The van der Waals surface area contributed by atoms with Crippen molar-refractivity contribution in [3.05, 3.63) is 82.3 Å². The number of carbonyl (C=O) groups excluding carboxylic acids is 3. The monoisotopic (exact) mass is 461 g/mol. The number of rotatable bonds is 5. The number of amides is 2. The maximum absolute atomic E-state index is 13.0. The molecule has 1 heterocycles. The molecule has 0 aliphatic heterocycles.